The average molecular weight is 335 g/mol. The van der Waals surface area contributed by atoms with Crippen molar-refractivity contribution in [2.45, 2.75) is 32.4 Å². The van der Waals surface area contributed by atoms with E-state index in [4.69, 9.17) is 5.73 Å². The van der Waals surface area contributed by atoms with Crippen LogP contribution in [0.15, 0.2) is 22.9 Å². The monoisotopic (exact) mass is 333 g/mol. The fraction of sp³-hybridized carbons (Fsp3) is 0.615. The largest absolute Gasteiger partial charge is 0.329 e. The normalized spacial score (nSPS) is 24.6. The van der Waals surface area contributed by atoms with Gasteiger partial charge < -0.3 is 5.73 Å². The first-order valence-electron chi connectivity index (χ1n) is 6.24. The van der Waals surface area contributed by atoms with Gasteiger partial charge in [0.1, 0.15) is 0 Å². The average Bonchev–Trinajstić information content (AvgIpc) is 2.29. The molecule has 0 aromatic carbocycles. The van der Waals surface area contributed by atoms with Crippen LogP contribution in [0.25, 0.3) is 0 Å². The molecule has 0 radical (unpaired) electrons. The molecule has 2 rings (SSSR count). The second-order valence-electron chi connectivity index (χ2n) is 4.90. The van der Waals surface area contributed by atoms with Crippen molar-refractivity contribution < 1.29 is 0 Å². The zero-order valence-electron chi connectivity index (χ0n) is 10.7. The van der Waals surface area contributed by atoms with Crippen LogP contribution in [0.3, 0.4) is 0 Å². The van der Waals surface area contributed by atoms with E-state index in [-0.39, 0.29) is 12.4 Å². The Morgan fingerprint density at radius 2 is 2.28 bits per heavy atom. The van der Waals surface area contributed by atoms with E-state index in [1.54, 1.807) is 0 Å². The van der Waals surface area contributed by atoms with E-state index >= 15 is 0 Å². The standard InChI is InChI=1S/C13H20BrN3.ClH/c1-10-3-2-4-17(13(10)6-15)9-11-5-12(14)8-16-7-11;/h5,7-8,10,13H,2-4,6,9,15H2,1H3;1H. The lowest BCUT2D eigenvalue weighted by molar-refractivity contribution is 0.0989. The molecule has 1 aromatic rings. The molecule has 0 aliphatic carbocycles. The topological polar surface area (TPSA) is 42.2 Å². The summed E-state index contributed by atoms with van der Waals surface area (Å²) in [6.07, 6.45) is 6.34. The van der Waals surface area contributed by atoms with Gasteiger partial charge in [-0.1, -0.05) is 6.92 Å². The summed E-state index contributed by atoms with van der Waals surface area (Å²) in [4.78, 5) is 6.71. The maximum atomic E-state index is 5.90. The molecule has 1 aromatic heterocycles. The van der Waals surface area contributed by atoms with Crippen LogP contribution in [-0.4, -0.2) is 29.0 Å². The SMILES string of the molecule is CC1CCCN(Cc2cncc(Br)c2)C1CN.Cl. The molecule has 18 heavy (non-hydrogen) atoms. The maximum absolute atomic E-state index is 5.90. The van der Waals surface area contributed by atoms with Crippen LogP contribution < -0.4 is 5.73 Å². The van der Waals surface area contributed by atoms with Crippen molar-refractivity contribution in [2.75, 3.05) is 13.1 Å². The molecular formula is C13H21BrClN3. The third-order valence-electron chi connectivity index (χ3n) is 3.62. The molecule has 0 spiro atoms. The van der Waals surface area contributed by atoms with Crippen molar-refractivity contribution in [1.82, 2.24) is 9.88 Å². The van der Waals surface area contributed by atoms with Crippen molar-refractivity contribution in [3.05, 3.63) is 28.5 Å². The number of pyridine rings is 1. The van der Waals surface area contributed by atoms with Gasteiger partial charge >= 0.3 is 0 Å². The van der Waals surface area contributed by atoms with E-state index in [0.29, 0.717) is 12.0 Å². The Kier molecular flexibility index (Phi) is 6.57. The van der Waals surface area contributed by atoms with Crippen molar-refractivity contribution in [3.8, 4) is 0 Å². The smallest absolute Gasteiger partial charge is 0.0410 e. The second kappa shape index (κ2) is 7.43. The van der Waals surface area contributed by atoms with Gasteiger partial charge in [0, 0.05) is 36.0 Å². The molecule has 1 aliphatic heterocycles. The van der Waals surface area contributed by atoms with Gasteiger partial charge in [-0.3, -0.25) is 9.88 Å². The Morgan fingerprint density at radius 1 is 1.50 bits per heavy atom. The molecule has 2 heterocycles. The minimum absolute atomic E-state index is 0. The number of piperidine rings is 1. The van der Waals surface area contributed by atoms with Gasteiger partial charge in [-0.05, 0) is 52.9 Å². The van der Waals surface area contributed by atoms with Crippen LogP contribution in [0.1, 0.15) is 25.3 Å². The van der Waals surface area contributed by atoms with E-state index in [0.717, 1.165) is 24.1 Å². The summed E-state index contributed by atoms with van der Waals surface area (Å²) in [5.41, 5.74) is 7.16. The van der Waals surface area contributed by atoms with Crippen LogP contribution in [-0.2, 0) is 6.54 Å². The molecule has 5 heteroatoms. The van der Waals surface area contributed by atoms with Crippen molar-refractivity contribution in [2.24, 2.45) is 11.7 Å². The fourth-order valence-electron chi connectivity index (χ4n) is 2.69. The Labute approximate surface area is 124 Å². The number of aromatic nitrogens is 1. The third-order valence-corrected chi connectivity index (χ3v) is 4.05. The van der Waals surface area contributed by atoms with Gasteiger partial charge in [-0.15, -0.1) is 12.4 Å². The van der Waals surface area contributed by atoms with Crippen molar-refractivity contribution in [1.29, 1.82) is 0 Å². The molecule has 0 saturated carbocycles. The summed E-state index contributed by atoms with van der Waals surface area (Å²) in [5, 5.41) is 0. The molecule has 2 N–H and O–H groups in total. The Balaban J connectivity index is 0.00000162. The minimum Gasteiger partial charge on any atom is -0.329 e. The highest BCUT2D eigenvalue weighted by molar-refractivity contribution is 9.10. The van der Waals surface area contributed by atoms with Gasteiger partial charge in [-0.2, -0.15) is 0 Å². The lowest BCUT2D eigenvalue weighted by Crippen LogP contribution is -2.48. The summed E-state index contributed by atoms with van der Waals surface area (Å²) in [6.45, 7) is 5.17. The lowest BCUT2D eigenvalue weighted by Gasteiger charge is -2.39. The number of hydrogen-bond donors (Lipinski definition) is 1. The number of nitrogens with zero attached hydrogens (tertiary/aromatic N) is 2. The maximum Gasteiger partial charge on any atom is 0.0410 e. The zero-order chi connectivity index (χ0) is 12.3. The number of likely N-dealkylation sites (tertiary alicyclic amines) is 1. The molecule has 102 valence electrons. The molecular weight excluding hydrogens is 314 g/mol. The van der Waals surface area contributed by atoms with Crippen LogP contribution in [0.5, 0.6) is 0 Å². The number of halogens is 2. The van der Waals surface area contributed by atoms with Crippen LogP contribution in [0.2, 0.25) is 0 Å². The first-order chi connectivity index (χ1) is 8.20. The van der Waals surface area contributed by atoms with Gasteiger partial charge in [-0.25, -0.2) is 0 Å². The van der Waals surface area contributed by atoms with Gasteiger partial charge in [0.25, 0.3) is 0 Å². The van der Waals surface area contributed by atoms with Crippen molar-refractivity contribution in [3.63, 3.8) is 0 Å². The van der Waals surface area contributed by atoms with E-state index in [9.17, 15) is 0 Å². The zero-order valence-corrected chi connectivity index (χ0v) is 13.1. The Morgan fingerprint density at radius 3 is 2.94 bits per heavy atom. The number of rotatable bonds is 3. The highest BCUT2D eigenvalue weighted by Gasteiger charge is 2.27. The van der Waals surface area contributed by atoms with E-state index in [2.05, 4.69) is 38.8 Å². The predicted octanol–water partition coefficient (Wildman–Crippen LogP) is 2.83. The fourth-order valence-corrected chi connectivity index (χ4v) is 3.10. The third kappa shape index (κ3) is 3.92. The minimum atomic E-state index is 0. The Hall–Kier alpha value is -0.160. The molecule has 3 nitrogen and oxygen atoms in total. The molecule has 1 aliphatic rings. The molecule has 2 atom stereocenters. The predicted molar refractivity (Wildman–Crippen MR) is 80.8 cm³/mol. The van der Waals surface area contributed by atoms with E-state index in [1.807, 2.05) is 12.4 Å². The molecule has 1 saturated heterocycles. The highest BCUT2D eigenvalue weighted by atomic mass is 79.9. The van der Waals surface area contributed by atoms with Gasteiger partial charge in [0.15, 0.2) is 0 Å². The van der Waals surface area contributed by atoms with Gasteiger partial charge in [0.2, 0.25) is 0 Å². The van der Waals surface area contributed by atoms with Crippen LogP contribution in [0, 0.1) is 5.92 Å². The Bertz CT molecular complexity index is 375. The van der Waals surface area contributed by atoms with Crippen molar-refractivity contribution >= 4 is 28.3 Å². The molecule has 1 fully saturated rings. The van der Waals surface area contributed by atoms with Crippen LogP contribution in [0.4, 0.5) is 0 Å². The number of nitrogens with two attached hydrogens (primary N) is 1. The second-order valence-corrected chi connectivity index (χ2v) is 5.82. The van der Waals surface area contributed by atoms with E-state index < -0.39 is 0 Å². The van der Waals surface area contributed by atoms with E-state index in [1.165, 1.54) is 18.4 Å². The quantitative estimate of drug-likeness (QED) is 0.924. The first-order valence-corrected chi connectivity index (χ1v) is 7.03. The molecule has 0 amide bonds. The molecule has 2 unspecified atom stereocenters. The summed E-state index contributed by atoms with van der Waals surface area (Å²) < 4.78 is 1.05. The number of hydrogen-bond acceptors (Lipinski definition) is 3. The lowest BCUT2D eigenvalue weighted by atomic mass is 9.90. The van der Waals surface area contributed by atoms with Gasteiger partial charge in [0.05, 0.1) is 0 Å². The molecule has 0 bridgehead atoms. The highest BCUT2D eigenvalue weighted by Crippen LogP contribution is 2.24. The summed E-state index contributed by atoms with van der Waals surface area (Å²) in [6, 6.07) is 2.66. The summed E-state index contributed by atoms with van der Waals surface area (Å²) >= 11 is 3.47. The van der Waals surface area contributed by atoms with Crippen LogP contribution >= 0.6 is 28.3 Å². The first kappa shape index (κ1) is 15.9. The summed E-state index contributed by atoms with van der Waals surface area (Å²) in [7, 11) is 0. The summed E-state index contributed by atoms with van der Waals surface area (Å²) in [5.74, 6) is 0.703.